The highest BCUT2D eigenvalue weighted by atomic mass is 19.4. The van der Waals surface area contributed by atoms with Crippen molar-refractivity contribution >= 4 is 5.96 Å². The molecule has 1 atom stereocenters. The number of hydrogen-bond acceptors (Lipinski definition) is 2. The number of likely N-dealkylation sites (tertiary alicyclic amines) is 1. The lowest BCUT2D eigenvalue weighted by Crippen LogP contribution is -2.40. The van der Waals surface area contributed by atoms with Gasteiger partial charge >= 0.3 is 6.18 Å². The minimum atomic E-state index is -4.33. The third kappa shape index (κ3) is 6.72. The van der Waals surface area contributed by atoms with Gasteiger partial charge in [0.25, 0.3) is 0 Å². The van der Waals surface area contributed by atoms with Gasteiger partial charge in [-0.05, 0) is 69.4 Å². The lowest BCUT2D eigenvalue weighted by molar-refractivity contribution is -0.137. The van der Waals surface area contributed by atoms with Gasteiger partial charge in [0.1, 0.15) is 0 Å². The summed E-state index contributed by atoms with van der Waals surface area (Å²) >= 11 is 0. The Morgan fingerprint density at radius 2 is 2.00 bits per heavy atom. The fourth-order valence-electron chi connectivity index (χ4n) is 3.45. The Bertz CT molecular complexity index is 607. The van der Waals surface area contributed by atoms with E-state index in [9.17, 15) is 13.2 Å². The van der Waals surface area contributed by atoms with Gasteiger partial charge in [-0.15, -0.1) is 0 Å². The molecule has 2 rings (SSSR count). The third-order valence-corrected chi connectivity index (χ3v) is 5.29. The van der Waals surface area contributed by atoms with Crippen LogP contribution in [0, 0.1) is 5.92 Å². The number of nitrogens with one attached hydrogen (secondary N) is 2. The van der Waals surface area contributed by atoms with Crippen molar-refractivity contribution in [1.29, 1.82) is 0 Å². The molecular formula is C20H31F3N4. The first-order valence-electron chi connectivity index (χ1n) is 9.70. The SMILES string of the molecule is CCN1CCC(CCNC(=NC)NC(C)c2cccc(C(F)(F)F)c2)CC1. The maximum Gasteiger partial charge on any atom is 0.416 e. The topological polar surface area (TPSA) is 39.7 Å². The minimum Gasteiger partial charge on any atom is -0.356 e. The van der Waals surface area contributed by atoms with Crippen molar-refractivity contribution in [3.8, 4) is 0 Å². The molecule has 1 aromatic rings. The van der Waals surface area contributed by atoms with Gasteiger partial charge in [0.2, 0.25) is 0 Å². The quantitative estimate of drug-likeness (QED) is 0.574. The number of hydrogen-bond donors (Lipinski definition) is 2. The van der Waals surface area contributed by atoms with Gasteiger partial charge in [-0.25, -0.2) is 0 Å². The predicted octanol–water partition coefficient (Wildman–Crippen LogP) is 4.05. The van der Waals surface area contributed by atoms with Crippen LogP contribution in [0.1, 0.15) is 50.3 Å². The standard InChI is InChI=1S/C20H31F3N4/c1-4-27-12-9-16(10-13-27)8-11-25-19(24-3)26-15(2)17-6-5-7-18(14-17)20(21,22)23/h5-7,14-16H,4,8-13H2,1-3H3,(H2,24,25,26). The predicted molar refractivity (Wildman–Crippen MR) is 104 cm³/mol. The van der Waals surface area contributed by atoms with Crippen LogP contribution in [0.5, 0.6) is 0 Å². The molecule has 2 N–H and O–H groups in total. The molecule has 152 valence electrons. The molecule has 0 aromatic heterocycles. The average Bonchev–Trinajstić information content (AvgIpc) is 2.67. The van der Waals surface area contributed by atoms with Crippen LogP contribution in [-0.2, 0) is 6.18 Å². The second kappa shape index (κ2) is 9.97. The van der Waals surface area contributed by atoms with E-state index in [1.54, 1.807) is 13.1 Å². The number of nitrogens with zero attached hydrogens (tertiary/aromatic N) is 2. The summed E-state index contributed by atoms with van der Waals surface area (Å²) in [4.78, 5) is 6.67. The first kappa shape index (κ1) is 21.5. The highest BCUT2D eigenvalue weighted by Crippen LogP contribution is 2.30. The molecule has 4 nitrogen and oxygen atoms in total. The van der Waals surface area contributed by atoms with Gasteiger partial charge in [-0.2, -0.15) is 13.2 Å². The summed E-state index contributed by atoms with van der Waals surface area (Å²) in [5.41, 5.74) is -0.0465. The van der Waals surface area contributed by atoms with Gasteiger partial charge in [0, 0.05) is 13.6 Å². The molecule has 0 amide bonds. The maximum absolute atomic E-state index is 12.9. The first-order chi connectivity index (χ1) is 12.8. The van der Waals surface area contributed by atoms with Crippen molar-refractivity contribution in [1.82, 2.24) is 15.5 Å². The molecule has 27 heavy (non-hydrogen) atoms. The second-order valence-electron chi connectivity index (χ2n) is 7.15. The number of benzene rings is 1. The number of alkyl halides is 3. The number of rotatable bonds is 6. The van der Waals surface area contributed by atoms with E-state index in [2.05, 4.69) is 27.4 Å². The Balaban J connectivity index is 1.81. The summed E-state index contributed by atoms with van der Waals surface area (Å²) in [5, 5.41) is 6.47. The van der Waals surface area contributed by atoms with E-state index in [4.69, 9.17) is 0 Å². The lowest BCUT2D eigenvalue weighted by atomic mass is 9.93. The van der Waals surface area contributed by atoms with E-state index in [0.717, 1.165) is 31.5 Å². The van der Waals surface area contributed by atoms with Gasteiger partial charge in [-0.3, -0.25) is 4.99 Å². The zero-order chi connectivity index (χ0) is 19.9. The number of guanidine groups is 1. The highest BCUT2D eigenvalue weighted by Gasteiger charge is 2.30. The summed E-state index contributed by atoms with van der Waals surface area (Å²) < 4.78 is 38.7. The van der Waals surface area contributed by atoms with Crippen molar-refractivity contribution in [3.05, 3.63) is 35.4 Å². The molecule has 1 aliphatic heterocycles. The van der Waals surface area contributed by atoms with Crippen LogP contribution in [0.3, 0.4) is 0 Å². The highest BCUT2D eigenvalue weighted by molar-refractivity contribution is 5.80. The maximum atomic E-state index is 12.9. The van der Waals surface area contributed by atoms with E-state index >= 15 is 0 Å². The average molecular weight is 384 g/mol. The Kier molecular flexibility index (Phi) is 7.95. The summed E-state index contributed by atoms with van der Waals surface area (Å²) in [6.07, 6.45) is -0.802. The van der Waals surface area contributed by atoms with Crippen molar-refractivity contribution in [3.63, 3.8) is 0 Å². The molecule has 1 aromatic carbocycles. The van der Waals surface area contributed by atoms with Crippen molar-refractivity contribution in [2.24, 2.45) is 10.9 Å². The molecule has 0 spiro atoms. The van der Waals surface area contributed by atoms with Gasteiger partial charge in [0.05, 0.1) is 11.6 Å². The van der Waals surface area contributed by atoms with Crippen LogP contribution in [0.4, 0.5) is 13.2 Å². The zero-order valence-corrected chi connectivity index (χ0v) is 16.4. The number of piperidine rings is 1. The summed E-state index contributed by atoms with van der Waals surface area (Å²) in [5.74, 6) is 1.34. The van der Waals surface area contributed by atoms with E-state index in [0.29, 0.717) is 11.5 Å². The molecule has 1 unspecified atom stereocenters. The Hall–Kier alpha value is -1.76. The smallest absolute Gasteiger partial charge is 0.356 e. The summed E-state index contributed by atoms with van der Waals surface area (Å²) in [7, 11) is 1.67. The van der Waals surface area contributed by atoms with E-state index in [1.807, 2.05) is 6.92 Å². The molecule has 1 fully saturated rings. The molecule has 7 heteroatoms. The Morgan fingerprint density at radius 3 is 2.59 bits per heavy atom. The molecule has 1 saturated heterocycles. The van der Waals surface area contributed by atoms with Crippen LogP contribution in [-0.4, -0.2) is 44.1 Å². The molecule has 0 bridgehead atoms. The Morgan fingerprint density at radius 1 is 1.30 bits per heavy atom. The van der Waals surface area contributed by atoms with Crippen molar-refractivity contribution in [2.45, 2.75) is 45.3 Å². The van der Waals surface area contributed by atoms with Gasteiger partial charge < -0.3 is 15.5 Å². The monoisotopic (exact) mass is 384 g/mol. The normalized spacial score (nSPS) is 18.4. The van der Waals surface area contributed by atoms with Crippen LogP contribution >= 0.6 is 0 Å². The van der Waals surface area contributed by atoms with E-state index in [1.165, 1.54) is 38.1 Å². The van der Waals surface area contributed by atoms with Crippen molar-refractivity contribution < 1.29 is 13.2 Å². The summed E-state index contributed by atoms with van der Waals surface area (Å²) in [6.45, 7) is 8.30. The molecule has 0 aliphatic carbocycles. The van der Waals surface area contributed by atoms with Gasteiger partial charge in [0.15, 0.2) is 5.96 Å². The second-order valence-corrected chi connectivity index (χ2v) is 7.15. The number of aliphatic imine (C=N–C) groups is 1. The van der Waals surface area contributed by atoms with Crippen LogP contribution in [0.25, 0.3) is 0 Å². The summed E-state index contributed by atoms with van der Waals surface area (Å²) in [6, 6.07) is 5.14. The zero-order valence-electron chi connectivity index (χ0n) is 16.4. The Labute approximate surface area is 160 Å². The fourth-order valence-corrected chi connectivity index (χ4v) is 3.45. The van der Waals surface area contributed by atoms with Crippen molar-refractivity contribution in [2.75, 3.05) is 33.2 Å². The fraction of sp³-hybridized carbons (Fsp3) is 0.650. The van der Waals surface area contributed by atoms with Crippen LogP contribution in [0.2, 0.25) is 0 Å². The van der Waals surface area contributed by atoms with E-state index in [-0.39, 0.29) is 6.04 Å². The molecule has 0 radical (unpaired) electrons. The minimum absolute atomic E-state index is 0.272. The van der Waals surface area contributed by atoms with Crippen LogP contribution in [0.15, 0.2) is 29.3 Å². The molecule has 1 aliphatic rings. The molecule has 0 saturated carbocycles. The molecular weight excluding hydrogens is 353 g/mol. The third-order valence-electron chi connectivity index (χ3n) is 5.29. The largest absolute Gasteiger partial charge is 0.416 e. The molecule has 1 heterocycles. The van der Waals surface area contributed by atoms with E-state index < -0.39 is 11.7 Å². The van der Waals surface area contributed by atoms with Crippen LogP contribution < -0.4 is 10.6 Å². The number of halogens is 3. The van der Waals surface area contributed by atoms with Gasteiger partial charge in [-0.1, -0.05) is 19.1 Å². The lowest BCUT2D eigenvalue weighted by Gasteiger charge is -2.31. The first-order valence-corrected chi connectivity index (χ1v) is 9.70.